The van der Waals surface area contributed by atoms with Crippen LogP contribution in [0.5, 0.6) is 0 Å². The van der Waals surface area contributed by atoms with Gasteiger partial charge in [-0.2, -0.15) is 0 Å². The van der Waals surface area contributed by atoms with E-state index in [9.17, 15) is 4.79 Å². The molecule has 1 aromatic heterocycles. The minimum Gasteiger partial charge on any atom is -0.444 e. The maximum absolute atomic E-state index is 12.1. The number of anilines is 1. The summed E-state index contributed by atoms with van der Waals surface area (Å²) in [5.74, 6) is 0. The van der Waals surface area contributed by atoms with Gasteiger partial charge in [0.2, 0.25) is 0 Å². The van der Waals surface area contributed by atoms with Gasteiger partial charge in [-0.3, -0.25) is 4.98 Å². The van der Waals surface area contributed by atoms with Crippen molar-refractivity contribution in [1.82, 2.24) is 9.88 Å². The molecule has 0 N–H and O–H groups in total. The summed E-state index contributed by atoms with van der Waals surface area (Å²) in [7, 11) is 0. The summed E-state index contributed by atoms with van der Waals surface area (Å²) in [6.45, 7) is 10.8. The Morgan fingerprint density at radius 2 is 1.95 bits per heavy atom. The summed E-state index contributed by atoms with van der Waals surface area (Å²) >= 11 is 0. The Morgan fingerprint density at radius 1 is 1.19 bits per heavy atom. The number of hydrogen-bond acceptors (Lipinski definition) is 4. The molecule has 0 aliphatic carbocycles. The third kappa shape index (κ3) is 4.62. The highest BCUT2D eigenvalue weighted by Crippen LogP contribution is 2.17. The lowest BCUT2D eigenvalue weighted by Crippen LogP contribution is -2.39. The summed E-state index contributed by atoms with van der Waals surface area (Å²) < 4.78 is 5.45. The predicted molar refractivity (Wildman–Crippen MR) is 83.6 cm³/mol. The van der Waals surface area contributed by atoms with E-state index in [0.29, 0.717) is 6.54 Å². The Balaban J connectivity index is 1.95. The summed E-state index contributed by atoms with van der Waals surface area (Å²) in [5.41, 5.74) is 1.69. The normalized spacial score (nSPS) is 16.6. The number of carbonyl (C=O) groups excluding carboxylic acids is 1. The molecule has 0 aromatic carbocycles. The quantitative estimate of drug-likeness (QED) is 0.798. The second-order valence-electron chi connectivity index (χ2n) is 6.47. The Kier molecular flexibility index (Phi) is 4.70. The average Bonchev–Trinajstić information content (AvgIpc) is 2.63. The molecule has 1 aliphatic heterocycles. The van der Waals surface area contributed by atoms with Gasteiger partial charge in [-0.05, 0) is 46.2 Å². The fraction of sp³-hybridized carbons (Fsp3) is 0.625. The molecule has 5 heteroatoms. The third-order valence-electron chi connectivity index (χ3n) is 3.41. The van der Waals surface area contributed by atoms with Crippen LogP contribution in [0.2, 0.25) is 0 Å². The van der Waals surface area contributed by atoms with Crippen LogP contribution < -0.4 is 4.90 Å². The van der Waals surface area contributed by atoms with Crippen LogP contribution in [0.25, 0.3) is 0 Å². The number of ether oxygens (including phenoxy) is 1. The first-order valence-electron chi connectivity index (χ1n) is 7.51. The van der Waals surface area contributed by atoms with Crippen molar-refractivity contribution in [3.8, 4) is 0 Å². The largest absolute Gasteiger partial charge is 0.444 e. The van der Waals surface area contributed by atoms with E-state index in [1.807, 2.05) is 40.0 Å². The van der Waals surface area contributed by atoms with Crippen molar-refractivity contribution in [2.45, 2.75) is 39.7 Å². The number of rotatable bonds is 1. The molecule has 116 valence electrons. The molecule has 1 aliphatic rings. The Hall–Kier alpha value is -1.78. The van der Waals surface area contributed by atoms with Crippen molar-refractivity contribution >= 4 is 11.8 Å². The number of aryl methyl sites for hydroxylation is 1. The van der Waals surface area contributed by atoms with Gasteiger partial charge in [-0.25, -0.2) is 4.79 Å². The maximum atomic E-state index is 12.1. The molecule has 21 heavy (non-hydrogen) atoms. The number of aromatic nitrogens is 1. The molecule has 5 nitrogen and oxygen atoms in total. The molecule has 1 amide bonds. The zero-order chi connectivity index (χ0) is 15.5. The van der Waals surface area contributed by atoms with Crippen LogP contribution in [-0.2, 0) is 4.74 Å². The van der Waals surface area contributed by atoms with Gasteiger partial charge in [0.15, 0.2) is 0 Å². The van der Waals surface area contributed by atoms with Gasteiger partial charge in [0.1, 0.15) is 5.60 Å². The highest BCUT2D eigenvalue weighted by atomic mass is 16.6. The van der Waals surface area contributed by atoms with Crippen molar-refractivity contribution < 1.29 is 9.53 Å². The number of hydrogen-bond donors (Lipinski definition) is 0. The molecule has 0 bridgehead atoms. The molecule has 1 aromatic rings. The molecule has 0 atom stereocenters. The molecule has 2 rings (SSSR count). The number of nitrogens with zero attached hydrogens (tertiary/aromatic N) is 3. The van der Waals surface area contributed by atoms with Crippen molar-refractivity contribution in [2.24, 2.45) is 0 Å². The van der Waals surface area contributed by atoms with E-state index in [2.05, 4.69) is 16.0 Å². The number of pyridine rings is 1. The SMILES string of the molecule is Cc1ccc(N2CCCN(C(=O)OC(C)(C)C)CC2)cn1. The predicted octanol–water partition coefficient (Wildman–Crippen LogP) is 2.84. The smallest absolute Gasteiger partial charge is 0.410 e. The molecular formula is C16H25N3O2. The van der Waals surface area contributed by atoms with Crippen molar-refractivity contribution in [3.05, 3.63) is 24.0 Å². The maximum Gasteiger partial charge on any atom is 0.410 e. The molecule has 0 spiro atoms. The lowest BCUT2D eigenvalue weighted by molar-refractivity contribution is 0.0263. The average molecular weight is 291 g/mol. The van der Waals surface area contributed by atoms with E-state index in [1.54, 1.807) is 4.90 Å². The molecule has 0 radical (unpaired) electrons. The Bertz CT molecular complexity index is 479. The molecule has 0 unspecified atom stereocenters. The zero-order valence-electron chi connectivity index (χ0n) is 13.4. The lowest BCUT2D eigenvalue weighted by atomic mass is 10.2. The van der Waals surface area contributed by atoms with Gasteiger partial charge in [0, 0.05) is 31.9 Å². The van der Waals surface area contributed by atoms with Gasteiger partial charge in [0.25, 0.3) is 0 Å². The fourth-order valence-electron chi connectivity index (χ4n) is 2.33. The lowest BCUT2D eigenvalue weighted by Gasteiger charge is -2.26. The highest BCUT2D eigenvalue weighted by molar-refractivity contribution is 5.68. The second kappa shape index (κ2) is 6.33. The van der Waals surface area contributed by atoms with Crippen LogP contribution in [-0.4, -0.2) is 47.8 Å². The van der Waals surface area contributed by atoms with Crippen molar-refractivity contribution in [3.63, 3.8) is 0 Å². The van der Waals surface area contributed by atoms with Crippen LogP contribution in [0, 0.1) is 6.92 Å². The standard InChI is InChI=1S/C16H25N3O2/c1-13-6-7-14(12-17-13)18-8-5-9-19(11-10-18)15(20)21-16(2,3)4/h6-7,12H,5,8-11H2,1-4H3. The molecular weight excluding hydrogens is 266 g/mol. The monoisotopic (exact) mass is 291 g/mol. The van der Waals surface area contributed by atoms with Crippen molar-refractivity contribution in [1.29, 1.82) is 0 Å². The van der Waals surface area contributed by atoms with Gasteiger partial charge >= 0.3 is 6.09 Å². The van der Waals surface area contributed by atoms with Gasteiger partial charge < -0.3 is 14.5 Å². The van der Waals surface area contributed by atoms with E-state index in [0.717, 1.165) is 37.4 Å². The highest BCUT2D eigenvalue weighted by Gasteiger charge is 2.24. The van der Waals surface area contributed by atoms with E-state index in [4.69, 9.17) is 4.74 Å². The number of carbonyl (C=O) groups is 1. The van der Waals surface area contributed by atoms with E-state index < -0.39 is 5.60 Å². The van der Waals surface area contributed by atoms with Gasteiger partial charge in [0.05, 0.1) is 11.9 Å². The molecule has 1 fully saturated rings. The van der Waals surface area contributed by atoms with Gasteiger partial charge in [-0.15, -0.1) is 0 Å². The van der Waals surface area contributed by atoms with Crippen LogP contribution in [0.3, 0.4) is 0 Å². The molecule has 1 saturated heterocycles. The Morgan fingerprint density at radius 3 is 2.57 bits per heavy atom. The molecule has 0 saturated carbocycles. The first kappa shape index (κ1) is 15.6. The van der Waals surface area contributed by atoms with Crippen LogP contribution in [0.1, 0.15) is 32.9 Å². The van der Waals surface area contributed by atoms with E-state index in [1.165, 1.54) is 0 Å². The van der Waals surface area contributed by atoms with Crippen LogP contribution in [0.4, 0.5) is 10.5 Å². The molecule has 2 heterocycles. The summed E-state index contributed by atoms with van der Waals surface area (Å²) in [6.07, 6.45) is 2.62. The van der Waals surface area contributed by atoms with Crippen LogP contribution >= 0.6 is 0 Å². The summed E-state index contributed by atoms with van der Waals surface area (Å²) in [4.78, 5) is 20.5. The Labute approximate surface area is 126 Å². The van der Waals surface area contributed by atoms with E-state index >= 15 is 0 Å². The third-order valence-corrected chi connectivity index (χ3v) is 3.41. The summed E-state index contributed by atoms with van der Waals surface area (Å²) in [6, 6.07) is 4.11. The van der Waals surface area contributed by atoms with E-state index in [-0.39, 0.29) is 6.09 Å². The minimum absolute atomic E-state index is 0.216. The zero-order valence-corrected chi connectivity index (χ0v) is 13.4. The topological polar surface area (TPSA) is 45.7 Å². The number of amides is 1. The first-order chi connectivity index (χ1) is 9.85. The van der Waals surface area contributed by atoms with Crippen molar-refractivity contribution in [2.75, 3.05) is 31.1 Å². The summed E-state index contributed by atoms with van der Waals surface area (Å²) in [5, 5.41) is 0. The van der Waals surface area contributed by atoms with Gasteiger partial charge in [-0.1, -0.05) is 0 Å². The minimum atomic E-state index is -0.441. The van der Waals surface area contributed by atoms with Crippen LogP contribution in [0.15, 0.2) is 18.3 Å². The first-order valence-corrected chi connectivity index (χ1v) is 7.51. The second-order valence-corrected chi connectivity index (χ2v) is 6.47. The fourth-order valence-corrected chi connectivity index (χ4v) is 2.33.